The number of benzene rings is 3. The van der Waals surface area contributed by atoms with Crippen LogP contribution in [0.2, 0.25) is 0 Å². The number of carboxylic acids is 1. The number of hydrogen-bond acceptors (Lipinski definition) is 4. The summed E-state index contributed by atoms with van der Waals surface area (Å²) in [5.74, 6) is -0.226. The zero-order valence-corrected chi connectivity index (χ0v) is 18.8. The van der Waals surface area contributed by atoms with E-state index in [2.05, 4.69) is 39.2 Å². The zero-order chi connectivity index (χ0) is 23.5. The highest BCUT2D eigenvalue weighted by Crippen LogP contribution is 2.34. The van der Waals surface area contributed by atoms with Gasteiger partial charge in [-0.3, -0.25) is 0 Å². The molecule has 0 aliphatic heterocycles. The summed E-state index contributed by atoms with van der Waals surface area (Å²) < 4.78 is 1.69. The van der Waals surface area contributed by atoms with E-state index < -0.39 is 5.97 Å². The van der Waals surface area contributed by atoms with Crippen molar-refractivity contribution in [3.05, 3.63) is 120 Å². The summed E-state index contributed by atoms with van der Waals surface area (Å²) in [5.41, 5.74) is 5.06. The van der Waals surface area contributed by atoms with Gasteiger partial charge in [-0.1, -0.05) is 91.0 Å². The largest absolute Gasteiger partial charge is 0.477 e. The van der Waals surface area contributed by atoms with Gasteiger partial charge < -0.3 is 10.0 Å². The van der Waals surface area contributed by atoms with Crippen LogP contribution in [0.1, 0.15) is 27.2 Å². The number of fused-ring (bicyclic) bond motifs is 1. The lowest BCUT2D eigenvalue weighted by atomic mass is 10.1. The van der Waals surface area contributed by atoms with E-state index in [1.807, 2.05) is 66.7 Å². The third-order valence-corrected chi connectivity index (χ3v) is 5.82. The lowest BCUT2D eigenvalue weighted by Crippen LogP contribution is -2.26. The molecule has 0 aliphatic carbocycles. The molecule has 0 saturated heterocycles. The Labute approximate surface area is 197 Å². The minimum absolute atomic E-state index is 0.125. The molecule has 1 N–H and O–H groups in total. The Kier molecular flexibility index (Phi) is 5.79. The molecule has 2 heterocycles. The maximum atomic E-state index is 12.0. The maximum Gasteiger partial charge on any atom is 0.341 e. The Balaban J connectivity index is 1.76. The molecule has 5 aromatic rings. The second kappa shape index (κ2) is 9.19. The number of aromatic carboxylic acids is 1. The van der Waals surface area contributed by atoms with Gasteiger partial charge in [0.2, 0.25) is 0 Å². The lowest BCUT2D eigenvalue weighted by Gasteiger charge is -2.28. The first-order chi connectivity index (χ1) is 16.6. The molecule has 0 unspecified atom stereocenters. The van der Waals surface area contributed by atoms with Gasteiger partial charge in [0, 0.05) is 24.8 Å². The van der Waals surface area contributed by atoms with E-state index in [0.29, 0.717) is 24.4 Å². The summed E-state index contributed by atoms with van der Waals surface area (Å²) in [4.78, 5) is 18.8. The maximum absolute atomic E-state index is 12.0. The molecule has 0 bridgehead atoms. The summed E-state index contributed by atoms with van der Waals surface area (Å²) >= 11 is 0. The van der Waals surface area contributed by atoms with Crippen molar-refractivity contribution in [2.45, 2.75) is 20.0 Å². The molecule has 0 fully saturated rings. The van der Waals surface area contributed by atoms with Crippen molar-refractivity contribution in [1.29, 1.82) is 0 Å². The van der Waals surface area contributed by atoms with Gasteiger partial charge in [0.25, 0.3) is 0 Å². The second-order valence-electron chi connectivity index (χ2n) is 8.19. The molecule has 0 spiro atoms. The molecule has 0 saturated carbocycles. The molecule has 0 amide bonds. The molecule has 6 nitrogen and oxygen atoms in total. The number of aryl methyl sites for hydroxylation is 1. The van der Waals surface area contributed by atoms with Crippen LogP contribution >= 0.6 is 0 Å². The van der Waals surface area contributed by atoms with Crippen molar-refractivity contribution < 1.29 is 9.90 Å². The normalized spacial score (nSPS) is 11.0. The highest BCUT2D eigenvalue weighted by molar-refractivity contribution is 5.96. The lowest BCUT2D eigenvalue weighted by molar-refractivity contribution is 0.0698. The summed E-state index contributed by atoms with van der Waals surface area (Å²) in [6.45, 7) is 2.95. The van der Waals surface area contributed by atoms with Gasteiger partial charge in [0.05, 0.1) is 5.69 Å². The molecular formula is C28H24N4O2. The summed E-state index contributed by atoms with van der Waals surface area (Å²) in [6, 6.07) is 30.5. The van der Waals surface area contributed by atoms with Crippen LogP contribution in [0, 0.1) is 6.92 Å². The molecule has 0 radical (unpaired) electrons. The highest BCUT2D eigenvalue weighted by atomic mass is 16.4. The minimum atomic E-state index is -1.03. The Morgan fingerprint density at radius 2 is 1.38 bits per heavy atom. The number of carbonyl (C=O) groups is 1. The van der Waals surface area contributed by atoms with Crippen LogP contribution in [0.4, 0.5) is 5.82 Å². The Hall–Kier alpha value is -4.45. The summed E-state index contributed by atoms with van der Waals surface area (Å²) in [6.07, 6.45) is 1.76. The number of nitrogens with zero attached hydrogens (tertiary/aromatic N) is 4. The SMILES string of the molecule is Cc1nn2c(N(Cc3ccccc3)Cc3ccccc3)c(-c3ccccc3)cnc2c1C(=O)O. The van der Waals surface area contributed by atoms with Crippen LogP contribution in [0.25, 0.3) is 16.8 Å². The van der Waals surface area contributed by atoms with Crippen LogP contribution in [-0.4, -0.2) is 25.7 Å². The quantitative estimate of drug-likeness (QED) is 0.350. The van der Waals surface area contributed by atoms with Crippen molar-refractivity contribution in [3.8, 4) is 11.1 Å². The van der Waals surface area contributed by atoms with Crippen molar-refractivity contribution in [3.63, 3.8) is 0 Å². The van der Waals surface area contributed by atoms with E-state index in [4.69, 9.17) is 0 Å². The molecular weight excluding hydrogens is 424 g/mol. The van der Waals surface area contributed by atoms with Crippen molar-refractivity contribution in [1.82, 2.24) is 14.6 Å². The standard InChI is InChI=1S/C28H24N4O2/c1-20-25(28(33)34)26-29-17-24(23-15-9-4-10-16-23)27(32(26)30-20)31(18-21-11-5-2-6-12-21)19-22-13-7-3-8-14-22/h2-17H,18-19H2,1H3,(H,33,34). The van der Waals surface area contributed by atoms with Crippen LogP contribution in [-0.2, 0) is 13.1 Å². The highest BCUT2D eigenvalue weighted by Gasteiger charge is 2.24. The molecule has 0 aliphatic rings. The Morgan fingerprint density at radius 3 is 1.91 bits per heavy atom. The number of rotatable bonds is 7. The average Bonchev–Trinajstić information content (AvgIpc) is 3.21. The van der Waals surface area contributed by atoms with Gasteiger partial charge >= 0.3 is 5.97 Å². The van der Waals surface area contributed by atoms with Gasteiger partial charge in [-0.25, -0.2) is 9.78 Å². The van der Waals surface area contributed by atoms with Crippen molar-refractivity contribution in [2.75, 3.05) is 4.90 Å². The number of anilines is 1. The molecule has 6 heteroatoms. The third kappa shape index (κ3) is 4.13. The number of hydrogen-bond donors (Lipinski definition) is 1. The van der Waals surface area contributed by atoms with Gasteiger partial charge in [0.15, 0.2) is 5.65 Å². The fraction of sp³-hybridized carbons (Fsp3) is 0.107. The minimum Gasteiger partial charge on any atom is -0.477 e. The summed E-state index contributed by atoms with van der Waals surface area (Å²) in [7, 11) is 0. The number of carboxylic acid groups (broad SMARTS) is 1. The predicted molar refractivity (Wildman–Crippen MR) is 133 cm³/mol. The molecule has 3 aromatic carbocycles. The first-order valence-electron chi connectivity index (χ1n) is 11.1. The number of aromatic nitrogens is 3. The van der Waals surface area contributed by atoms with Crippen LogP contribution < -0.4 is 4.90 Å². The molecule has 34 heavy (non-hydrogen) atoms. The van der Waals surface area contributed by atoms with Crippen LogP contribution in [0.3, 0.4) is 0 Å². The molecule has 0 atom stereocenters. The average molecular weight is 449 g/mol. The van der Waals surface area contributed by atoms with E-state index >= 15 is 0 Å². The zero-order valence-electron chi connectivity index (χ0n) is 18.8. The van der Waals surface area contributed by atoms with E-state index in [-0.39, 0.29) is 5.56 Å². The second-order valence-corrected chi connectivity index (χ2v) is 8.19. The smallest absolute Gasteiger partial charge is 0.341 e. The van der Waals surface area contributed by atoms with Crippen LogP contribution in [0.5, 0.6) is 0 Å². The fourth-order valence-corrected chi connectivity index (χ4v) is 4.27. The molecule has 5 rings (SSSR count). The van der Waals surface area contributed by atoms with E-state index in [9.17, 15) is 9.90 Å². The third-order valence-electron chi connectivity index (χ3n) is 5.82. The monoisotopic (exact) mass is 448 g/mol. The van der Waals surface area contributed by atoms with Gasteiger partial charge in [-0.05, 0) is 23.6 Å². The summed E-state index contributed by atoms with van der Waals surface area (Å²) in [5, 5.41) is 14.5. The Morgan fingerprint density at radius 1 is 0.853 bits per heavy atom. The van der Waals surface area contributed by atoms with Gasteiger partial charge in [-0.15, -0.1) is 0 Å². The fourth-order valence-electron chi connectivity index (χ4n) is 4.27. The van der Waals surface area contributed by atoms with E-state index in [0.717, 1.165) is 28.1 Å². The Bertz CT molecular complexity index is 1390. The van der Waals surface area contributed by atoms with Crippen molar-refractivity contribution in [2.24, 2.45) is 0 Å². The molecule has 2 aromatic heterocycles. The molecule has 168 valence electrons. The van der Waals surface area contributed by atoms with E-state index in [1.54, 1.807) is 17.6 Å². The predicted octanol–water partition coefficient (Wildman–Crippen LogP) is 5.61. The first kappa shape index (κ1) is 21.4. The topological polar surface area (TPSA) is 70.7 Å². The first-order valence-corrected chi connectivity index (χ1v) is 11.1. The van der Waals surface area contributed by atoms with Crippen LogP contribution in [0.15, 0.2) is 97.2 Å². The van der Waals surface area contributed by atoms with E-state index in [1.165, 1.54) is 0 Å². The van der Waals surface area contributed by atoms with Gasteiger partial charge in [0.1, 0.15) is 11.4 Å². The van der Waals surface area contributed by atoms with Crippen molar-refractivity contribution >= 4 is 17.4 Å². The van der Waals surface area contributed by atoms with Gasteiger partial charge in [-0.2, -0.15) is 9.61 Å².